The molecular weight excluding hydrogens is 272 g/mol. The Kier molecular flexibility index (Phi) is 2.73. The molecule has 0 bridgehead atoms. The van der Waals surface area contributed by atoms with Crippen LogP contribution < -0.4 is 19.7 Å². The molecule has 1 atom stereocenters. The number of hydrogen-bond acceptors (Lipinski definition) is 5. The quantitative estimate of drug-likeness (QED) is 0.919. The third-order valence-electron chi connectivity index (χ3n) is 3.83. The van der Waals surface area contributed by atoms with Crippen LogP contribution in [0.4, 0.5) is 11.4 Å². The molecule has 1 aromatic carbocycles. The summed E-state index contributed by atoms with van der Waals surface area (Å²) in [7, 11) is 0. The lowest BCUT2D eigenvalue weighted by atomic mass is 10.1. The molecule has 0 amide bonds. The predicted octanol–water partition coefficient (Wildman–Crippen LogP) is 3.30. The van der Waals surface area contributed by atoms with E-state index in [0.29, 0.717) is 12.8 Å². The van der Waals surface area contributed by atoms with Gasteiger partial charge in [0, 0.05) is 29.6 Å². The number of hydrogen-bond donors (Lipinski definition) is 1. The SMILES string of the molecule is CC1CNc2cc3c(cc2N1Cc1cccs1)OCO3. The average molecular weight is 288 g/mol. The van der Waals surface area contributed by atoms with Gasteiger partial charge in [0.2, 0.25) is 6.79 Å². The summed E-state index contributed by atoms with van der Waals surface area (Å²) in [5, 5.41) is 5.61. The van der Waals surface area contributed by atoms with Crippen molar-refractivity contribution in [2.24, 2.45) is 0 Å². The van der Waals surface area contributed by atoms with Gasteiger partial charge in [0.05, 0.1) is 17.9 Å². The van der Waals surface area contributed by atoms with Gasteiger partial charge in [-0.05, 0) is 18.4 Å². The van der Waals surface area contributed by atoms with E-state index in [4.69, 9.17) is 9.47 Å². The second-order valence-corrected chi connectivity index (χ2v) is 6.19. The van der Waals surface area contributed by atoms with Crippen LogP contribution in [0, 0.1) is 0 Å². The van der Waals surface area contributed by atoms with E-state index in [9.17, 15) is 0 Å². The minimum absolute atomic E-state index is 0.318. The van der Waals surface area contributed by atoms with Gasteiger partial charge >= 0.3 is 0 Å². The summed E-state index contributed by atoms with van der Waals surface area (Å²) in [6.07, 6.45) is 0. The molecule has 0 fully saturated rings. The highest BCUT2D eigenvalue weighted by Crippen LogP contribution is 2.43. The molecule has 104 valence electrons. The summed E-state index contributed by atoms with van der Waals surface area (Å²) < 4.78 is 11.0. The average Bonchev–Trinajstić information content (AvgIpc) is 3.11. The number of thiophene rings is 1. The first-order valence-corrected chi connectivity index (χ1v) is 7.66. The van der Waals surface area contributed by atoms with Crippen molar-refractivity contribution in [2.45, 2.75) is 19.5 Å². The van der Waals surface area contributed by atoms with Crippen LogP contribution in [-0.4, -0.2) is 19.4 Å². The molecule has 2 aromatic rings. The lowest BCUT2D eigenvalue weighted by Gasteiger charge is -2.37. The first-order valence-electron chi connectivity index (χ1n) is 6.78. The Labute approximate surface area is 121 Å². The zero-order valence-corrected chi connectivity index (χ0v) is 12.1. The van der Waals surface area contributed by atoms with Gasteiger partial charge < -0.3 is 19.7 Å². The van der Waals surface area contributed by atoms with Crippen molar-refractivity contribution in [1.29, 1.82) is 0 Å². The molecule has 3 heterocycles. The lowest BCUT2D eigenvalue weighted by molar-refractivity contribution is 0.174. The summed E-state index contributed by atoms with van der Waals surface area (Å²) >= 11 is 1.80. The van der Waals surface area contributed by atoms with E-state index in [0.717, 1.165) is 30.3 Å². The normalized spacial score (nSPS) is 19.6. The summed E-state index contributed by atoms with van der Waals surface area (Å²) in [5.74, 6) is 1.68. The maximum absolute atomic E-state index is 5.51. The molecule has 4 nitrogen and oxygen atoms in total. The highest BCUT2D eigenvalue weighted by atomic mass is 32.1. The molecule has 0 aliphatic carbocycles. The van der Waals surface area contributed by atoms with E-state index in [-0.39, 0.29) is 0 Å². The van der Waals surface area contributed by atoms with Crippen LogP contribution in [0.15, 0.2) is 29.6 Å². The zero-order chi connectivity index (χ0) is 13.5. The Balaban J connectivity index is 1.73. The van der Waals surface area contributed by atoms with Crippen molar-refractivity contribution in [1.82, 2.24) is 0 Å². The van der Waals surface area contributed by atoms with Crippen molar-refractivity contribution >= 4 is 22.7 Å². The molecule has 0 saturated heterocycles. The summed E-state index contributed by atoms with van der Waals surface area (Å²) in [4.78, 5) is 3.81. The number of nitrogens with one attached hydrogen (secondary N) is 1. The summed E-state index contributed by atoms with van der Waals surface area (Å²) in [6, 6.07) is 8.88. The lowest BCUT2D eigenvalue weighted by Crippen LogP contribution is -2.41. The molecule has 20 heavy (non-hydrogen) atoms. The Hall–Kier alpha value is -1.88. The number of fused-ring (bicyclic) bond motifs is 2. The third kappa shape index (κ3) is 1.89. The van der Waals surface area contributed by atoms with Crippen molar-refractivity contribution in [3.05, 3.63) is 34.5 Å². The van der Waals surface area contributed by atoms with Crippen LogP contribution in [0.25, 0.3) is 0 Å². The van der Waals surface area contributed by atoms with Gasteiger partial charge in [-0.3, -0.25) is 0 Å². The van der Waals surface area contributed by atoms with E-state index in [1.807, 2.05) is 6.07 Å². The summed E-state index contributed by atoms with van der Waals surface area (Å²) in [5.41, 5.74) is 2.32. The van der Waals surface area contributed by atoms with Crippen LogP contribution >= 0.6 is 11.3 Å². The second kappa shape index (κ2) is 4.59. The topological polar surface area (TPSA) is 33.7 Å². The van der Waals surface area contributed by atoms with Gasteiger partial charge in [0.25, 0.3) is 0 Å². The molecule has 0 saturated carbocycles. The van der Waals surface area contributed by atoms with E-state index >= 15 is 0 Å². The number of anilines is 2. The summed E-state index contributed by atoms with van der Waals surface area (Å²) in [6.45, 7) is 4.44. The van der Waals surface area contributed by atoms with Gasteiger partial charge in [0.15, 0.2) is 11.5 Å². The van der Waals surface area contributed by atoms with E-state index in [1.54, 1.807) is 11.3 Å². The smallest absolute Gasteiger partial charge is 0.231 e. The van der Waals surface area contributed by atoms with Crippen LogP contribution in [-0.2, 0) is 6.54 Å². The monoisotopic (exact) mass is 288 g/mol. The third-order valence-corrected chi connectivity index (χ3v) is 4.69. The second-order valence-electron chi connectivity index (χ2n) is 5.16. The minimum atomic E-state index is 0.318. The number of ether oxygens (including phenoxy) is 2. The van der Waals surface area contributed by atoms with Crippen molar-refractivity contribution < 1.29 is 9.47 Å². The first kappa shape index (κ1) is 11.9. The fourth-order valence-electron chi connectivity index (χ4n) is 2.73. The molecule has 1 unspecified atom stereocenters. The Bertz CT molecular complexity index is 627. The number of benzene rings is 1. The predicted molar refractivity (Wildman–Crippen MR) is 81.0 cm³/mol. The van der Waals surface area contributed by atoms with Gasteiger partial charge in [-0.25, -0.2) is 0 Å². The van der Waals surface area contributed by atoms with Crippen LogP contribution in [0.3, 0.4) is 0 Å². The van der Waals surface area contributed by atoms with Gasteiger partial charge in [-0.1, -0.05) is 6.07 Å². The Morgan fingerprint density at radius 3 is 3.00 bits per heavy atom. The van der Waals surface area contributed by atoms with E-state index in [2.05, 4.69) is 40.7 Å². The Morgan fingerprint density at radius 1 is 1.35 bits per heavy atom. The molecule has 2 aliphatic rings. The van der Waals surface area contributed by atoms with Crippen molar-refractivity contribution in [2.75, 3.05) is 23.6 Å². The maximum Gasteiger partial charge on any atom is 0.231 e. The molecule has 2 aliphatic heterocycles. The van der Waals surface area contributed by atoms with Gasteiger partial charge in [-0.15, -0.1) is 11.3 Å². The van der Waals surface area contributed by atoms with E-state index in [1.165, 1.54) is 10.6 Å². The Morgan fingerprint density at radius 2 is 2.20 bits per heavy atom. The molecule has 1 aromatic heterocycles. The standard InChI is InChI=1S/C15H16N2O2S/c1-10-7-16-12-5-14-15(19-9-18-14)6-13(12)17(10)8-11-3-2-4-20-11/h2-6,10,16H,7-9H2,1H3. The van der Waals surface area contributed by atoms with Crippen LogP contribution in [0.2, 0.25) is 0 Å². The van der Waals surface area contributed by atoms with Gasteiger partial charge in [-0.2, -0.15) is 0 Å². The molecule has 0 radical (unpaired) electrons. The molecule has 1 N–H and O–H groups in total. The van der Waals surface area contributed by atoms with Crippen LogP contribution in [0.1, 0.15) is 11.8 Å². The fraction of sp³-hybridized carbons (Fsp3) is 0.333. The van der Waals surface area contributed by atoms with Crippen molar-refractivity contribution in [3.63, 3.8) is 0 Å². The minimum Gasteiger partial charge on any atom is -0.454 e. The fourth-order valence-corrected chi connectivity index (χ4v) is 3.43. The highest BCUT2D eigenvalue weighted by Gasteiger charge is 2.27. The molecular formula is C15H16N2O2S. The highest BCUT2D eigenvalue weighted by molar-refractivity contribution is 7.09. The van der Waals surface area contributed by atoms with E-state index < -0.39 is 0 Å². The van der Waals surface area contributed by atoms with Crippen molar-refractivity contribution in [3.8, 4) is 11.5 Å². The first-order chi connectivity index (χ1) is 9.81. The van der Waals surface area contributed by atoms with Crippen LogP contribution in [0.5, 0.6) is 11.5 Å². The largest absolute Gasteiger partial charge is 0.454 e. The molecule has 5 heteroatoms. The number of nitrogens with zero attached hydrogens (tertiary/aromatic N) is 1. The number of rotatable bonds is 2. The zero-order valence-electron chi connectivity index (χ0n) is 11.3. The molecule has 0 spiro atoms. The maximum atomic E-state index is 5.51. The van der Waals surface area contributed by atoms with Gasteiger partial charge in [0.1, 0.15) is 0 Å². The molecule has 4 rings (SSSR count).